The number of rotatable bonds is 6. The highest BCUT2D eigenvalue weighted by atomic mass is 16.7. The van der Waals surface area contributed by atoms with Gasteiger partial charge in [0.15, 0.2) is 11.5 Å². The van der Waals surface area contributed by atoms with Crippen molar-refractivity contribution >= 4 is 11.9 Å². The molecular weight excluding hydrogens is 382 g/mol. The van der Waals surface area contributed by atoms with Crippen LogP contribution in [0.15, 0.2) is 48.5 Å². The van der Waals surface area contributed by atoms with Crippen molar-refractivity contribution in [3.8, 4) is 11.5 Å². The predicted molar refractivity (Wildman–Crippen MR) is 113 cm³/mol. The van der Waals surface area contributed by atoms with E-state index in [1.165, 1.54) is 5.56 Å². The van der Waals surface area contributed by atoms with Crippen molar-refractivity contribution in [3.63, 3.8) is 0 Å². The third-order valence-corrected chi connectivity index (χ3v) is 5.58. The Morgan fingerprint density at radius 2 is 1.63 bits per heavy atom. The molecule has 0 bridgehead atoms. The average molecular weight is 409 g/mol. The second-order valence-electron chi connectivity index (χ2n) is 7.67. The average Bonchev–Trinajstić information content (AvgIpc) is 3.24. The number of hydrogen-bond acceptors (Lipinski definition) is 4. The highest BCUT2D eigenvalue weighted by Crippen LogP contribution is 2.32. The van der Waals surface area contributed by atoms with Crippen LogP contribution in [0.2, 0.25) is 0 Å². The molecule has 3 amide bonds. The maximum Gasteiger partial charge on any atom is 0.315 e. The number of ether oxygens (including phenoxy) is 2. The summed E-state index contributed by atoms with van der Waals surface area (Å²) >= 11 is 0. The van der Waals surface area contributed by atoms with Crippen LogP contribution in [0.25, 0.3) is 0 Å². The Hall–Kier alpha value is -3.22. The van der Waals surface area contributed by atoms with Gasteiger partial charge in [-0.1, -0.05) is 43.2 Å². The molecule has 4 rings (SSSR count). The molecule has 1 saturated carbocycles. The summed E-state index contributed by atoms with van der Waals surface area (Å²) < 4.78 is 10.7. The molecule has 1 aliphatic heterocycles. The van der Waals surface area contributed by atoms with Crippen LogP contribution in [-0.4, -0.2) is 37.4 Å². The molecule has 0 saturated heterocycles. The van der Waals surface area contributed by atoms with E-state index in [4.69, 9.17) is 9.47 Å². The molecule has 2 atom stereocenters. The second-order valence-corrected chi connectivity index (χ2v) is 7.67. The van der Waals surface area contributed by atoms with E-state index >= 15 is 0 Å². The summed E-state index contributed by atoms with van der Waals surface area (Å²) in [5.41, 5.74) is 1.71. The van der Waals surface area contributed by atoms with Gasteiger partial charge >= 0.3 is 6.03 Å². The minimum Gasteiger partial charge on any atom is -0.454 e. The fourth-order valence-electron chi connectivity index (χ4n) is 3.95. The van der Waals surface area contributed by atoms with Crippen LogP contribution in [0.1, 0.15) is 41.6 Å². The Labute approximate surface area is 176 Å². The van der Waals surface area contributed by atoms with Crippen LogP contribution in [0.4, 0.5) is 4.79 Å². The summed E-state index contributed by atoms with van der Waals surface area (Å²) in [5, 5.41) is 9.05. The molecule has 30 heavy (non-hydrogen) atoms. The van der Waals surface area contributed by atoms with E-state index in [2.05, 4.69) is 16.0 Å². The van der Waals surface area contributed by atoms with Gasteiger partial charge in [-0.15, -0.1) is 0 Å². The molecule has 158 valence electrons. The van der Waals surface area contributed by atoms with Crippen LogP contribution in [-0.2, 0) is 6.42 Å². The van der Waals surface area contributed by atoms with Crippen molar-refractivity contribution in [3.05, 3.63) is 59.7 Å². The zero-order valence-corrected chi connectivity index (χ0v) is 16.9. The molecular formula is C23H27N3O4. The Morgan fingerprint density at radius 1 is 0.900 bits per heavy atom. The maximum absolute atomic E-state index is 12.7. The molecule has 0 radical (unpaired) electrons. The zero-order valence-electron chi connectivity index (χ0n) is 16.9. The molecule has 0 aromatic heterocycles. The van der Waals surface area contributed by atoms with Gasteiger partial charge in [0.1, 0.15) is 0 Å². The summed E-state index contributed by atoms with van der Waals surface area (Å²) in [6, 6.07) is 14.8. The fourth-order valence-corrected chi connectivity index (χ4v) is 3.95. The number of fused-ring (bicyclic) bond motifs is 1. The summed E-state index contributed by atoms with van der Waals surface area (Å²) in [4.78, 5) is 25.1. The molecule has 2 aromatic carbocycles. The molecule has 2 aliphatic rings. The molecule has 2 aromatic rings. The molecule has 0 spiro atoms. The lowest BCUT2D eigenvalue weighted by atomic mass is 9.90. The minimum absolute atomic E-state index is 0.0894. The number of amides is 3. The third kappa shape index (κ3) is 5.03. The number of nitrogens with one attached hydrogen (secondary N) is 3. The molecule has 3 N–H and O–H groups in total. The quantitative estimate of drug-likeness (QED) is 0.684. The van der Waals surface area contributed by atoms with E-state index < -0.39 is 0 Å². The van der Waals surface area contributed by atoms with Crippen molar-refractivity contribution < 1.29 is 19.1 Å². The van der Waals surface area contributed by atoms with Crippen LogP contribution in [0.5, 0.6) is 11.5 Å². The Balaban J connectivity index is 1.29. The van der Waals surface area contributed by atoms with Crippen molar-refractivity contribution in [2.45, 2.75) is 44.2 Å². The van der Waals surface area contributed by atoms with Crippen LogP contribution in [0, 0.1) is 0 Å². The number of hydrogen-bond donors (Lipinski definition) is 3. The van der Waals surface area contributed by atoms with Crippen molar-refractivity contribution in [2.24, 2.45) is 0 Å². The lowest BCUT2D eigenvalue weighted by molar-refractivity contribution is 0.0915. The minimum atomic E-state index is -0.194. The standard InChI is InChI=1S/C23H27N3O4/c27-22(17-10-11-20-21(14-17)30-15-29-20)25-18-8-4-5-9-19(18)26-23(28)24-13-12-16-6-2-1-3-7-16/h1-3,6-7,10-11,14,18-19H,4-5,8-9,12-13,15H2,(H,25,27)(H2,24,26,28). The molecule has 7 nitrogen and oxygen atoms in total. The van der Waals surface area contributed by atoms with Crippen molar-refractivity contribution in [2.75, 3.05) is 13.3 Å². The topological polar surface area (TPSA) is 88.7 Å². The van der Waals surface area contributed by atoms with E-state index in [0.29, 0.717) is 23.6 Å². The molecule has 1 fully saturated rings. The van der Waals surface area contributed by atoms with E-state index in [1.54, 1.807) is 18.2 Å². The Bertz CT molecular complexity index is 887. The highest BCUT2D eigenvalue weighted by Gasteiger charge is 2.28. The largest absolute Gasteiger partial charge is 0.454 e. The number of benzene rings is 2. The number of carbonyl (C=O) groups is 2. The summed E-state index contributed by atoms with van der Waals surface area (Å²) in [7, 11) is 0. The van der Waals surface area contributed by atoms with E-state index in [-0.39, 0.29) is 30.8 Å². The van der Waals surface area contributed by atoms with Gasteiger partial charge < -0.3 is 25.4 Å². The first-order chi connectivity index (χ1) is 14.7. The van der Waals surface area contributed by atoms with Gasteiger partial charge in [0.05, 0.1) is 6.04 Å². The van der Waals surface area contributed by atoms with E-state index in [9.17, 15) is 9.59 Å². The molecule has 1 heterocycles. The van der Waals surface area contributed by atoms with Crippen LogP contribution < -0.4 is 25.4 Å². The van der Waals surface area contributed by atoms with Gasteiger partial charge in [0, 0.05) is 18.2 Å². The number of carbonyl (C=O) groups excluding carboxylic acids is 2. The second kappa shape index (κ2) is 9.52. The maximum atomic E-state index is 12.7. The molecule has 2 unspecified atom stereocenters. The van der Waals surface area contributed by atoms with Gasteiger partial charge in [0.2, 0.25) is 6.79 Å². The number of urea groups is 1. The predicted octanol–water partition coefficient (Wildman–Crippen LogP) is 3.00. The first-order valence-electron chi connectivity index (χ1n) is 10.5. The van der Waals surface area contributed by atoms with Gasteiger partial charge in [-0.25, -0.2) is 4.79 Å². The highest BCUT2D eigenvalue weighted by molar-refractivity contribution is 5.95. The molecule has 1 aliphatic carbocycles. The Morgan fingerprint density at radius 3 is 2.43 bits per heavy atom. The van der Waals surface area contributed by atoms with E-state index in [1.807, 2.05) is 30.3 Å². The smallest absolute Gasteiger partial charge is 0.315 e. The molecule has 7 heteroatoms. The normalized spacial score (nSPS) is 19.7. The van der Waals surface area contributed by atoms with Gasteiger partial charge in [-0.05, 0) is 43.0 Å². The monoisotopic (exact) mass is 409 g/mol. The summed E-state index contributed by atoms with van der Waals surface area (Å²) in [5.74, 6) is 1.06. The van der Waals surface area contributed by atoms with Gasteiger partial charge in [-0.2, -0.15) is 0 Å². The lowest BCUT2D eigenvalue weighted by Crippen LogP contribution is -2.55. The zero-order chi connectivity index (χ0) is 20.8. The van der Waals surface area contributed by atoms with Crippen LogP contribution in [0.3, 0.4) is 0 Å². The SMILES string of the molecule is O=C(NCCc1ccccc1)NC1CCCCC1NC(=O)c1ccc2c(c1)OCO2. The van der Waals surface area contributed by atoms with Crippen LogP contribution >= 0.6 is 0 Å². The first kappa shape index (κ1) is 20.1. The third-order valence-electron chi connectivity index (χ3n) is 5.58. The Kier molecular flexibility index (Phi) is 6.37. The fraction of sp³-hybridized carbons (Fsp3) is 0.391. The van der Waals surface area contributed by atoms with E-state index in [0.717, 1.165) is 32.1 Å². The lowest BCUT2D eigenvalue weighted by Gasteiger charge is -2.32. The first-order valence-corrected chi connectivity index (χ1v) is 10.5. The van der Waals surface area contributed by atoms with Crippen molar-refractivity contribution in [1.29, 1.82) is 0 Å². The van der Waals surface area contributed by atoms with Gasteiger partial charge in [0.25, 0.3) is 5.91 Å². The van der Waals surface area contributed by atoms with Crippen molar-refractivity contribution in [1.82, 2.24) is 16.0 Å². The van der Waals surface area contributed by atoms with Gasteiger partial charge in [-0.3, -0.25) is 4.79 Å². The summed E-state index contributed by atoms with van der Waals surface area (Å²) in [6.07, 6.45) is 4.53. The summed E-state index contributed by atoms with van der Waals surface area (Å²) in [6.45, 7) is 0.741.